The Morgan fingerprint density at radius 3 is 2.48 bits per heavy atom. The third kappa shape index (κ3) is 4.61. The van der Waals surface area contributed by atoms with Crippen LogP contribution < -0.4 is 15.4 Å². The lowest BCUT2D eigenvalue weighted by atomic mass is 10.1. The Morgan fingerprint density at radius 2 is 1.87 bits per heavy atom. The number of benzene rings is 2. The van der Waals surface area contributed by atoms with E-state index in [-0.39, 0.29) is 12.0 Å². The van der Waals surface area contributed by atoms with Crippen molar-refractivity contribution in [3.63, 3.8) is 0 Å². The van der Waals surface area contributed by atoms with Crippen molar-refractivity contribution in [1.82, 2.24) is 0 Å². The van der Waals surface area contributed by atoms with Gasteiger partial charge in [0.2, 0.25) is 0 Å². The molecule has 0 bridgehead atoms. The number of nitrogens with two attached hydrogens (primary N) is 1. The van der Waals surface area contributed by atoms with Crippen molar-refractivity contribution in [3.05, 3.63) is 60.2 Å². The summed E-state index contributed by atoms with van der Waals surface area (Å²) in [5.74, 6) is 0.558. The van der Waals surface area contributed by atoms with Gasteiger partial charge in [-0.3, -0.25) is 4.79 Å². The maximum Gasteiger partial charge on any atom is 0.250 e. The van der Waals surface area contributed by atoms with Crippen molar-refractivity contribution in [3.8, 4) is 5.75 Å². The predicted octanol–water partition coefficient (Wildman–Crippen LogP) is 3.73. The standard InChI is InChI=1S/C19H22N2O2/c1-14(2)23-18-11-9-15(13-17(18)20)10-12-19(22)21(3)16-7-5-4-6-8-16/h4-14H,20H2,1-3H3/b12-10-. The highest BCUT2D eigenvalue weighted by Crippen LogP contribution is 2.24. The van der Waals surface area contributed by atoms with E-state index in [4.69, 9.17) is 10.5 Å². The van der Waals surface area contributed by atoms with E-state index in [9.17, 15) is 4.79 Å². The molecular weight excluding hydrogens is 288 g/mol. The van der Waals surface area contributed by atoms with Crippen molar-refractivity contribution in [2.75, 3.05) is 17.7 Å². The zero-order chi connectivity index (χ0) is 16.8. The van der Waals surface area contributed by atoms with Crippen LogP contribution in [0.5, 0.6) is 5.75 Å². The number of anilines is 2. The second kappa shape index (κ2) is 7.49. The minimum atomic E-state index is -0.0997. The van der Waals surface area contributed by atoms with Crippen molar-refractivity contribution in [2.45, 2.75) is 20.0 Å². The van der Waals surface area contributed by atoms with E-state index in [0.29, 0.717) is 11.4 Å². The number of ether oxygens (including phenoxy) is 1. The van der Waals surface area contributed by atoms with Gasteiger partial charge in [0.05, 0.1) is 11.8 Å². The summed E-state index contributed by atoms with van der Waals surface area (Å²) in [5.41, 5.74) is 8.24. The fourth-order valence-electron chi connectivity index (χ4n) is 2.09. The van der Waals surface area contributed by atoms with Gasteiger partial charge in [0.25, 0.3) is 5.91 Å². The molecule has 2 aromatic rings. The van der Waals surface area contributed by atoms with Crippen LogP contribution in [0.3, 0.4) is 0 Å². The highest BCUT2D eigenvalue weighted by Gasteiger charge is 2.07. The monoisotopic (exact) mass is 310 g/mol. The summed E-state index contributed by atoms with van der Waals surface area (Å²) in [6.07, 6.45) is 3.35. The fraction of sp³-hybridized carbons (Fsp3) is 0.211. The van der Waals surface area contributed by atoms with Gasteiger partial charge in [-0.1, -0.05) is 24.3 Å². The van der Waals surface area contributed by atoms with Crippen molar-refractivity contribution < 1.29 is 9.53 Å². The van der Waals surface area contributed by atoms with E-state index in [1.807, 2.05) is 56.3 Å². The second-order valence-electron chi connectivity index (χ2n) is 5.53. The van der Waals surface area contributed by atoms with Gasteiger partial charge in [-0.05, 0) is 49.8 Å². The molecule has 4 nitrogen and oxygen atoms in total. The molecule has 0 heterocycles. The normalized spacial score (nSPS) is 11.0. The first kappa shape index (κ1) is 16.6. The molecule has 1 amide bonds. The molecule has 0 aliphatic carbocycles. The Morgan fingerprint density at radius 1 is 1.17 bits per heavy atom. The molecule has 4 heteroatoms. The average molecular weight is 310 g/mol. The second-order valence-corrected chi connectivity index (χ2v) is 5.53. The van der Waals surface area contributed by atoms with Gasteiger partial charge in [0.15, 0.2) is 0 Å². The van der Waals surface area contributed by atoms with Crippen molar-refractivity contribution in [1.29, 1.82) is 0 Å². The van der Waals surface area contributed by atoms with E-state index in [1.165, 1.54) is 6.08 Å². The van der Waals surface area contributed by atoms with Crippen LogP contribution in [-0.4, -0.2) is 19.1 Å². The van der Waals surface area contributed by atoms with E-state index < -0.39 is 0 Å². The smallest absolute Gasteiger partial charge is 0.250 e. The number of carbonyl (C=O) groups excluding carboxylic acids is 1. The van der Waals surface area contributed by atoms with Crippen LogP contribution in [0.15, 0.2) is 54.6 Å². The number of amides is 1. The minimum absolute atomic E-state index is 0.0693. The van der Waals surface area contributed by atoms with Crippen molar-refractivity contribution >= 4 is 23.4 Å². The van der Waals surface area contributed by atoms with Crippen LogP contribution in [-0.2, 0) is 4.79 Å². The highest BCUT2D eigenvalue weighted by molar-refractivity contribution is 6.03. The minimum Gasteiger partial charge on any atom is -0.489 e. The van der Waals surface area contributed by atoms with E-state index >= 15 is 0 Å². The van der Waals surface area contributed by atoms with Gasteiger partial charge in [-0.2, -0.15) is 0 Å². The number of hydrogen-bond acceptors (Lipinski definition) is 3. The number of likely N-dealkylation sites (N-methyl/N-ethyl adjacent to an activating group) is 1. The molecule has 23 heavy (non-hydrogen) atoms. The van der Waals surface area contributed by atoms with Gasteiger partial charge < -0.3 is 15.4 Å². The first-order valence-corrected chi connectivity index (χ1v) is 7.54. The van der Waals surface area contributed by atoms with Crippen LogP contribution in [0.2, 0.25) is 0 Å². The Balaban J connectivity index is 2.08. The molecule has 0 saturated heterocycles. The van der Waals surface area contributed by atoms with Gasteiger partial charge in [-0.15, -0.1) is 0 Å². The maximum absolute atomic E-state index is 12.2. The number of para-hydroxylation sites is 1. The molecule has 120 valence electrons. The van der Waals surface area contributed by atoms with E-state index in [0.717, 1.165) is 11.3 Å². The Hall–Kier alpha value is -2.75. The molecule has 0 aliphatic heterocycles. The van der Waals surface area contributed by atoms with Gasteiger partial charge in [0.1, 0.15) is 5.75 Å². The van der Waals surface area contributed by atoms with Crippen LogP contribution in [0, 0.1) is 0 Å². The fourth-order valence-corrected chi connectivity index (χ4v) is 2.09. The summed E-state index contributed by atoms with van der Waals surface area (Å²) in [4.78, 5) is 13.8. The topological polar surface area (TPSA) is 55.6 Å². The molecule has 0 radical (unpaired) electrons. The summed E-state index contributed by atoms with van der Waals surface area (Å²) < 4.78 is 5.60. The molecule has 0 fully saturated rings. The summed E-state index contributed by atoms with van der Waals surface area (Å²) >= 11 is 0. The Labute approximate surface area is 137 Å². The molecule has 0 saturated carbocycles. The summed E-state index contributed by atoms with van der Waals surface area (Å²) in [7, 11) is 1.75. The van der Waals surface area contributed by atoms with Crippen LogP contribution >= 0.6 is 0 Å². The first-order chi connectivity index (χ1) is 11.0. The molecule has 2 N–H and O–H groups in total. The zero-order valence-electron chi connectivity index (χ0n) is 13.7. The Bertz CT molecular complexity index is 694. The lowest BCUT2D eigenvalue weighted by molar-refractivity contribution is -0.113. The lowest BCUT2D eigenvalue weighted by Crippen LogP contribution is -2.23. The number of nitrogens with zero attached hydrogens (tertiary/aromatic N) is 1. The highest BCUT2D eigenvalue weighted by atomic mass is 16.5. The zero-order valence-corrected chi connectivity index (χ0v) is 13.7. The van der Waals surface area contributed by atoms with E-state index in [1.54, 1.807) is 24.1 Å². The third-order valence-electron chi connectivity index (χ3n) is 3.29. The number of rotatable bonds is 5. The molecule has 0 unspecified atom stereocenters. The molecule has 0 spiro atoms. The SMILES string of the molecule is CC(C)Oc1ccc(/C=C\C(=O)N(C)c2ccccc2)cc1N. The van der Waals surface area contributed by atoms with Crippen molar-refractivity contribution in [2.24, 2.45) is 0 Å². The molecule has 2 rings (SSSR count). The number of hydrogen-bond donors (Lipinski definition) is 1. The van der Waals surface area contributed by atoms with Crippen LogP contribution in [0.1, 0.15) is 19.4 Å². The average Bonchev–Trinajstić information content (AvgIpc) is 2.54. The molecule has 0 atom stereocenters. The van der Waals surface area contributed by atoms with Gasteiger partial charge in [-0.25, -0.2) is 0 Å². The summed E-state index contributed by atoms with van der Waals surface area (Å²) in [5, 5.41) is 0. The molecular formula is C19H22N2O2. The number of nitrogen functional groups attached to an aromatic ring is 1. The molecule has 0 aliphatic rings. The number of carbonyl (C=O) groups is 1. The van der Waals surface area contributed by atoms with Gasteiger partial charge in [0, 0.05) is 18.8 Å². The quantitative estimate of drug-likeness (QED) is 0.676. The maximum atomic E-state index is 12.2. The predicted molar refractivity (Wildman–Crippen MR) is 95.5 cm³/mol. The first-order valence-electron chi connectivity index (χ1n) is 7.54. The summed E-state index contributed by atoms with van der Waals surface area (Å²) in [6.45, 7) is 3.90. The largest absolute Gasteiger partial charge is 0.489 e. The van der Waals surface area contributed by atoms with Crippen LogP contribution in [0.25, 0.3) is 6.08 Å². The third-order valence-corrected chi connectivity index (χ3v) is 3.29. The van der Waals surface area contributed by atoms with E-state index in [2.05, 4.69) is 0 Å². The van der Waals surface area contributed by atoms with Gasteiger partial charge >= 0.3 is 0 Å². The summed E-state index contributed by atoms with van der Waals surface area (Å²) in [6, 6.07) is 15.0. The Kier molecular flexibility index (Phi) is 5.41. The lowest BCUT2D eigenvalue weighted by Gasteiger charge is -2.15. The van der Waals surface area contributed by atoms with Crippen LogP contribution in [0.4, 0.5) is 11.4 Å². The molecule has 0 aromatic heterocycles. The molecule has 2 aromatic carbocycles.